The van der Waals surface area contributed by atoms with Gasteiger partial charge in [0.25, 0.3) is 0 Å². The molecule has 1 atom stereocenters. The fourth-order valence-corrected chi connectivity index (χ4v) is 2.20. The van der Waals surface area contributed by atoms with Crippen LogP contribution in [0.1, 0.15) is 31.4 Å². The van der Waals surface area contributed by atoms with Crippen LogP contribution in [0.3, 0.4) is 0 Å². The molecule has 0 aromatic carbocycles. The number of thiocarbonyl (C=S) groups is 1. The first-order chi connectivity index (χ1) is 8.75. The summed E-state index contributed by atoms with van der Waals surface area (Å²) < 4.78 is 5.68. The largest absolute Gasteiger partial charge is 0.388 e. The van der Waals surface area contributed by atoms with Gasteiger partial charge in [-0.15, -0.1) is 0 Å². The van der Waals surface area contributed by atoms with Crippen molar-refractivity contribution in [3.8, 4) is 0 Å². The zero-order valence-electron chi connectivity index (χ0n) is 10.4. The topological polar surface area (TPSA) is 60.2 Å². The van der Waals surface area contributed by atoms with Crippen LogP contribution in [0.4, 0.5) is 5.69 Å². The molecule has 5 heteroatoms. The second kappa shape index (κ2) is 6.66. The molecule has 1 aromatic rings. The highest BCUT2D eigenvalue weighted by atomic mass is 32.1. The molecule has 18 heavy (non-hydrogen) atoms. The summed E-state index contributed by atoms with van der Waals surface area (Å²) >= 11 is 4.90. The Morgan fingerprint density at radius 2 is 2.44 bits per heavy atom. The molecular formula is C13H19N3OS. The van der Waals surface area contributed by atoms with Crippen molar-refractivity contribution in [1.82, 2.24) is 4.98 Å². The summed E-state index contributed by atoms with van der Waals surface area (Å²) in [5.74, 6) is 0. The molecule has 3 N–H and O–H groups in total. The third-order valence-corrected chi connectivity index (χ3v) is 3.29. The molecule has 0 bridgehead atoms. The van der Waals surface area contributed by atoms with Gasteiger partial charge in [-0.1, -0.05) is 12.2 Å². The summed E-state index contributed by atoms with van der Waals surface area (Å²) in [6.45, 7) is 1.80. The molecule has 98 valence electrons. The molecule has 0 spiro atoms. The Labute approximate surface area is 113 Å². The third kappa shape index (κ3) is 3.92. The van der Waals surface area contributed by atoms with Gasteiger partial charge < -0.3 is 15.8 Å². The van der Waals surface area contributed by atoms with Gasteiger partial charge in [0.2, 0.25) is 0 Å². The first kappa shape index (κ1) is 13.2. The van der Waals surface area contributed by atoms with Crippen LogP contribution in [0.15, 0.2) is 18.3 Å². The van der Waals surface area contributed by atoms with Crippen molar-refractivity contribution in [1.29, 1.82) is 0 Å². The summed E-state index contributed by atoms with van der Waals surface area (Å²) in [7, 11) is 0. The van der Waals surface area contributed by atoms with E-state index < -0.39 is 0 Å². The summed E-state index contributed by atoms with van der Waals surface area (Å²) in [5, 5.41) is 3.35. The molecule has 0 aliphatic carbocycles. The first-order valence-corrected chi connectivity index (χ1v) is 6.78. The van der Waals surface area contributed by atoms with Crippen LogP contribution in [0.25, 0.3) is 0 Å². The highest BCUT2D eigenvalue weighted by Gasteiger charge is 2.12. The van der Waals surface area contributed by atoms with Crippen LogP contribution in [0, 0.1) is 0 Å². The van der Waals surface area contributed by atoms with Gasteiger partial charge in [-0.3, -0.25) is 4.98 Å². The van der Waals surface area contributed by atoms with Crippen LogP contribution in [0.2, 0.25) is 0 Å². The van der Waals surface area contributed by atoms with Crippen molar-refractivity contribution in [2.45, 2.75) is 31.8 Å². The van der Waals surface area contributed by atoms with Crippen LogP contribution >= 0.6 is 12.2 Å². The van der Waals surface area contributed by atoms with Gasteiger partial charge in [0.1, 0.15) is 4.99 Å². The van der Waals surface area contributed by atoms with E-state index in [2.05, 4.69) is 10.3 Å². The number of ether oxygens (including phenoxy) is 1. The van der Waals surface area contributed by atoms with E-state index in [1.807, 2.05) is 12.1 Å². The Morgan fingerprint density at radius 3 is 3.17 bits per heavy atom. The molecule has 1 aliphatic rings. The Hall–Kier alpha value is -1.20. The highest BCUT2D eigenvalue weighted by molar-refractivity contribution is 7.80. The lowest BCUT2D eigenvalue weighted by atomic mass is 10.1. The minimum absolute atomic E-state index is 0.328. The smallest absolute Gasteiger partial charge is 0.122 e. The zero-order valence-corrected chi connectivity index (χ0v) is 11.2. The molecule has 1 unspecified atom stereocenters. The Morgan fingerprint density at radius 1 is 1.56 bits per heavy atom. The van der Waals surface area contributed by atoms with Gasteiger partial charge in [-0.2, -0.15) is 0 Å². The molecule has 1 aromatic heterocycles. The number of hydrogen-bond acceptors (Lipinski definition) is 4. The van der Waals surface area contributed by atoms with Crippen molar-refractivity contribution in [3.63, 3.8) is 0 Å². The van der Waals surface area contributed by atoms with E-state index >= 15 is 0 Å². The molecule has 0 amide bonds. The number of aromatic nitrogens is 1. The number of pyridine rings is 1. The van der Waals surface area contributed by atoms with E-state index in [4.69, 9.17) is 22.7 Å². The van der Waals surface area contributed by atoms with Crippen LogP contribution in [-0.2, 0) is 4.74 Å². The zero-order chi connectivity index (χ0) is 12.8. The Kier molecular flexibility index (Phi) is 4.90. The van der Waals surface area contributed by atoms with Gasteiger partial charge >= 0.3 is 0 Å². The van der Waals surface area contributed by atoms with Crippen LogP contribution in [0.5, 0.6) is 0 Å². The van der Waals surface area contributed by atoms with Gasteiger partial charge in [-0.25, -0.2) is 0 Å². The first-order valence-electron chi connectivity index (χ1n) is 6.37. The molecule has 1 aliphatic heterocycles. The van der Waals surface area contributed by atoms with Crippen molar-refractivity contribution in [2.24, 2.45) is 5.73 Å². The average molecular weight is 265 g/mol. The molecule has 0 saturated carbocycles. The van der Waals surface area contributed by atoms with E-state index in [-0.39, 0.29) is 0 Å². The lowest BCUT2D eigenvalue weighted by molar-refractivity contribution is 0.0134. The maximum absolute atomic E-state index is 5.68. The standard InChI is InChI=1S/C13H19N3OS/c14-13(18)12-9-10(4-6-16-12)15-7-5-11-3-1-2-8-17-11/h4,6,9,11H,1-3,5,7-8H2,(H2,14,18)(H,15,16). The normalized spacial score (nSPS) is 19.4. The van der Waals surface area contributed by atoms with Crippen LogP contribution < -0.4 is 11.1 Å². The van der Waals surface area contributed by atoms with Crippen molar-refractivity contribution < 1.29 is 4.74 Å². The summed E-state index contributed by atoms with van der Waals surface area (Å²) in [6.07, 6.45) is 6.81. The summed E-state index contributed by atoms with van der Waals surface area (Å²) in [4.78, 5) is 4.43. The number of hydrogen-bond donors (Lipinski definition) is 2. The minimum Gasteiger partial charge on any atom is -0.388 e. The van der Waals surface area contributed by atoms with E-state index in [1.54, 1.807) is 6.20 Å². The molecule has 1 saturated heterocycles. The monoisotopic (exact) mass is 265 g/mol. The maximum atomic E-state index is 5.68. The number of nitrogens with two attached hydrogens (primary N) is 1. The number of anilines is 1. The Balaban J connectivity index is 1.78. The summed E-state index contributed by atoms with van der Waals surface area (Å²) in [5.41, 5.74) is 7.21. The lowest BCUT2D eigenvalue weighted by Crippen LogP contribution is -2.22. The van der Waals surface area contributed by atoms with E-state index in [0.29, 0.717) is 16.8 Å². The second-order valence-electron chi connectivity index (χ2n) is 4.50. The van der Waals surface area contributed by atoms with Gasteiger partial charge in [0, 0.05) is 25.0 Å². The molecule has 1 fully saturated rings. The Bertz CT molecular complexity index is 405. The maximum Gasteiger partial charge on any atom is 0.122 e. The van der Waals surface area contributed by atoms with E-state index in [1.165, 1.54) is 19.3 Å². The van der Waals surface area contributed by atoms with E-state index in [0.717, 1.165) is 25.3 Å². The van der Waals surface area contributed by atoms with Gasteiger partial charge in [0.05, 0.1) is 11.8 Å². The average Bonchev–Trinajstić information content (AvgIpc) is 2.40. The van der Waals surface area contributed by atoms with Crippen molar-refractivity contribution in [2.75, 3.05) is 18.5 Å². The molecule has 4 nitrogen and oxygen atoms in total. The van der Waals surface area contributed by atoms with Gasteiger partial charge in [-0.05, 0) is 37.8 Å². The number of nitrogens with one attached hydrogen (secondary N) is 1. The molecule has 2 heterocycles. The third-order valence-electron chi connectivity index (χ3n) is 3.08. The van der Waals surface area contributed by atoms with E-state index in [9.17, 15) is 0 Å². The van der Waals surface area contributed by atoms with Gasteiger partial charge in [0.15, 0.2) is 0 Å². The fourth-order valence-electron chi connectivity index (χ4n) is 2.09. The number of rotatable bonds is 5. The highest BCUT2D eigenvalue weighted by Crippen LogP contribution is 2.16. The molecule has 0 radical (unpaired) electrons. The summed E-state index contributed by atoms with van der Waals surface area (Å²) in [6, 6.07) is 3.80. The predicted octanol–water partition coefficient (Wildman–Crippen LogP) is 2.09. The van der Waals surface area contributed by atoms with Crippen molar-refractivity contribution >= 4 is 22.9 Å². The second-order valence-corrected chi connectivity index (χ2v) is 4.94. The minimum atomic E-state index is 0.328. The molecular weight excluding hydrogens is 246 g/mol. The quantitative estimate of drug-likeness (QED) is 0.798. The predicted molar refractivity (Wildman–Crippen MR) is 76.8 cm³/mol. The SMILES string of the molecule is NC(=S)c1cc(NCCC2CCCCO2)ccn1. The van der Waals surface area contributed by atoms with Crippen molar-refractivity contribution in [3.05, 3.63) is 24.0 Å². The fraction of sp³-hybridized carbons (Fsp3) is 0.538. The van der Waals surface area contributed by atoms with Crippen LogP contribution in [-0.4, -0.2) is 29.2 Å². The number of nitrogens with zero attached hydrogens (tertiary/aromatic N) is 1. The molecule has 2 rings (SSSR count). The lowest BCUT2D eigenvalue weighted by Gasteiger charge is -2.22.